The molecular weight excluding hydrogens is 254 g/mol. The minimum atomic E-state index is -0.676. The van der Waals surface area contributed by atoms with Crippen molar-refractivity contribution in [3.05, 3.63) is 29.8 Å². The number of hydrogen-bond donors (Lipinski definition) is 3. The van der Waals surface area contributed by atoms with Gasteiger partial charge >= 0.3 is 0 Å². The maximum absolute atomic E-state index is 10.4. The molecule has 1 fully saturated rings. The minimum Gasteiger partial charge on any atom is -0.491 e. The molecule has 0 bridgehead atoms. The average Bonchev–Trinajstić information content (AvgIpc) is 2.46. The van der Waals surface area contributed by atoms with Crippen LogP contribution in [0.2, 0.25) is 0 Å². The van der Waals surface area contributed by atoms with Crippen molar-refractivity contribution in [3.63, 3.8) is 0 Å². The fourth-order valence-corrected chi connectivity index (χ4v) is 2.69. The van der Waals surface area contributed by atoms with Gasteiger partial charge in [0.1, 0.15) is 12.4 Å². The van der Waals surface area contributed by atoms with Crippen LogP contribution in [0, 0.1) is 0 Å². The summed E-state index contributed by atoms with van der Waals surface area (Å²) in [6.07, 6.45) is 4.99. The van der Waals surface area contributed by atoms with Crippen LogP contribution < -0.4 is 10.5 Å². The number of aliphatic hydroxyl groups excluding tert-OH is 1. The van der Waals surface area contributed by atoms with E-state index in [0.29, 0.717) is 13.0 Å². The Morgan fingerprint density at radius 2 is 2.00 bits per heavy atom. The van der Waals surface area contributed by atoms with Crippen LogP contribution in [0.1, 0.15) is 37.7 Å². The highest BCUT2D eigenvalue weighted by atomic mass is 16.5. The first-order valence-electron chi connectivity index (χ1n) is 7.43. The summed E-state index contributed by atoms with van der Waals surface area (Å²) >= 11 is 0. The Bertz CT molecular complexity index is 416. The molecule has 1 saturated carbocycles. The summed E-state index contributed by atoms with van der Waals surface area (Å²) in [6, 6.07) is 7.63. The van der Waals surface area contributed by atoms with Crippen LogP contribution in [0.3, 0.4) is 0 Å². The molecule has 1 aromatic rings. The second-order valence-electron chi connectivity index (χ2n) is 5.81. The largest absolute Gasteiger partial charge is 0.491 e. The Kier molecular flexibility index (Phi) is 5.40. The van der Waals surface area contributed by atoms with Gasteiger partial charge in [0.15, 0.2) is 0 Å². The molecule has 4 N–H and O–H groups in total. The molecule has 0 saturated heterocycles. The summed E-state index contributed by atoms with van der Waals surface area (Å²) in [5.74, 6) is 0.741. The Morgan fingerprint density at radius 3 is 2.70 bits per heavy atom. The Morgan fingerprint density at radius 1 is 1.25 bits per heavy atom. The van der Waals surface area contributed by atoms with Gasteiger partial charge in [-0.3, -0.25) is 0 Å². The third kappa shape index (κ3) is 4.47. The molecule has 0 unspecified atom stereocenters. The van der Waals surface area contributed by atoms with Gasteiger partial charge < -0.3 is 20.7 Å². The first-order valence-corrected chi connectivity index (χ1v) is 7.43. The molecule has 0 amide bonds. The molecule has 4 heteroatoms. The predicted molar refractivity (Wildman–Crippen MR) is 78.7 cm³/mol. The van der Waals surface area contributed by atoms with Gasteiger partial charge in [-0.15, -0.1) is 0 Å². The van der Waals surface area contributed by atoms with E-state index in [1.54, 1.807) is 0 Å². The SMILES string of the molecule is NC[C@H](O)Cc1cccc(OCC2(O)CCCCC2)c1. The zero-order chi connectivity index (χ0) is 14.4. The molecule has 1 aliphatic rings. The van der Waals surface area contributed by atoms with Crippen LogP contribution in [0.4, 0.5) is 0 Å². The van der Waals surface area contributed by atoms with Gasteiger partial charge in [0.2, 0.25) is 0 Å². The highest BCUT2D eigenvalue weighted by molar-refractivity contribution is 5.29. The summed E-state index contributed by atoms with van der Waals surface area (Å²) in [7, 11) is 0. The second kappa shape index (κ2) is 7.07. The summed E-state index contributed by atoms with van der Waals surface area (Å²) in [5, 5.41) is 20.0. The quantitative estimate of drug-likeness (QED) is 0.739. The van der Waals surface area contributed by atoms with Gasteiger partial charge in [0.25, 0.3) is 0 Å². The van der Waals surface area contributed by atoms with Crippen molar-refractivity contribution in [3.8, 4) is 5.75 Å². The van der Waals surface area contributed by atoms with Gasteiger partial charge in [-0.25, -0.2) is 0 Å². The fourth-order valence-electron chi connectivity index (χ4n) is 2.69. The van der Waals surface area contributed by atoms with Crippen LogP contribution in [0.5, 0.6) is 5.75 Å². The molecular formula is C16H25NO3. The van der Waals surface area contributed by atoms with Gasteiger partial charge in [-0.1, -0.05) is 31.4 Å². The molecule has 0 spiro atoms. The highest BCUT2D eigenvalue weighted by Gasteiger charge is 2.29. The summed E-state index contributed by atoms with van der Waals surface area (Å²) in [6.45, 7) is 0.598. The monoisotopic (exact) mass is 279 g/mol. The first-order chi connectivity index (χ1) is 9.61. The molecule has 1 aliphatic carbocycles. The number of benzene rings is 1. The molecule has 1 atom stereocenters. The zero-order valence-corrected chi connectivity index (χ0v) is 11.9. The van der Waals surface area contributed by atoms with E-state index in [2.05, 4.69) is 0 Å². The molecule has 0 aromatic heterocycles. The topological polar surface area (TPSA) is 75.7 Å². The Hall–Kier alpha value is -1.10. The van der Waals surface area contributed by atoms with Crippen molar-refractivity contribution < 1.29 is 14.9 Å². The van der Waals surface area contributed by atoms with Crippen molar-refractivity contribution in [2.45, 2.75) is 50.2 Å². The van der Waals surface area contributed by atoms with Gasteiger partial charge in [0.05, 0.1) is 11.7 Å². The average molecular weight is 279 g/mol. The third-order valence-corrected chi connectivity index (χ3v) is 3.93. The van der Waals surface area contributed by atoms with Crippen molar-refractivity contribution in [2.75, 3.05) is 13.2 Å². The van der Waals surface area contributed by atoms with E-state index in [1.807, 2.05) is 24.3 Å². The van der Waals surface area contributed by atoms with Gasteiger partial charge in [-0.05, 0) is 37.0 Å². The number of hydrogen-bond acceptors (Lipinski definition) is 4. The fraction of sp³-hybridized carbons (Fsp3) is 0.625. The van der Waals surface area contributed by atoms with Crippen LogP contribution >= 0.6 is 0 Å². The molecule has 1 aromatic carbocycles. The summed E-state index contributed by atoms with van der Waals surface area (Å²) in [5.41, 5.74) is 5.74. The first kappa shape index (κ1) is 15.3. The Balaban J connectivity index is 1.90. The lowest BCUT2D eigenvalue weighted by molar-refractivity contribution is -0.0339. The lowest BCUT2D eigenvalue weighted by atomic mass is 9.85. The molecule has 0 radical (unpaired) electrons. The van der Waals surface area contributed by atoms with Crippen molar-refractivity contribution in [2.24, 2.45) is 5.73 Å². The minimum absolute atomic E-state index is 0.255. The van der Waals surface area contributed by atoms with Crippen molar-refractivity contribution in [1.82, 2.24) is 0 Å². The smallest absolute Gasteiger partial charge is 0.119 e. The molecule has 20 heavy (non-hydrogen) atoms. The van der Waals surface area contributed by atoms with Gasteiger partial charge in [0, 0.05) is 6.54 Å². The van der Waals surface area contributed by atoms with Crippen LogP contribution in [0.25, 0.3) is 0 Å². The predicted octanol–water partition coefficient (Wildman–Crippen LogP) is 1.62. The van der Waals surface area contributed by atoms with Crippen molar-refractivity contribution >= 4 is 0 Å². The molecule has 0 heterocycles. The van der Waals surface area contributed by atoms with E-state index in [4.69, 9.17) is 10.5 Å². The van der Waals surface area contributed by atoms with E-state index < -0.39 is 11.7 Å². The maximum atomic E-state index is 10.4. The zero-order valence-electron chi connectivity index (χ0n) is 11.9. The Labute approximate surface area is 120 Å². The molecule has 112 valence electrons. The lowest BCUT2D eigenvalue weighted by Crippen LogP contribution is -2.37. The van der Waals surface area contributed by atoms with E-state index in [1.165, 1.54) is 6.42 Å². The summed E-state index contributed by atoms with van der Waals surface area (Å²) < 4.78 is 5.74. The third-order valence-electron chi connectivity index (χ3n) is 3.93. The standard InChI is InChI=1S/C16H25NO3/c17-11-14(18)9-13-5-4-6-15(10-13)20-12-16(19)7-2-1-3-8-16/h4-6,10,14,18-19H,1-3,7-9,11-12,17H2/t14-/m1/s1. The number of aliphatic hydroxyl groups is 2. The molecule has 0 aliphatic heterocycles. The molecule has 2 rings (SSSR count). The van der Waals surface area contributed by atoms with E-state index in [-0.39, 0.29) is 6.54 Å². The normalized spacial score (nSPS) is 19.6. The maximum Gasteiger partial charge on any atom is 0.119 e. The van der Waals surface area contributed by atoms with Crippen LogP contribution in [-0.2, 0) is 6.42 Å². The second-order valence-corrected chi connectivity index (χ2v) is 5.81. The molecule has 4 nitrogen and oxygen atoms in total. The van der Waals surface area contributed by atoms with E-state index in [9.17, 15) is 10.2 Å². The summed E-state index contributed by atoms with van der Waals surface area (Å²) in [4.78, 5) is 0. The van der Waals surface area contributed by atoms with Crippen LogP contribution in [-0.4, -0.2) is 35.1 Å². The number of nitrogens with two attached hydrogens (primary N) is 1. The van der Waals surface area contributed by atoms with E-state index >= 15 is 0 Å². The number of rotatable bonds is 6. The van der Waals surface area contributed by atoms with E-state index in [0.717, 1.165) is 37.0 Å². The van der Waals surface area contributed by atoms with Crippen LogP contribution in [0.15, 0.2) is 24.3 Å². The lowest BCUT2D eigenvalue weighted by Gasteiger charge is -2.31. The van der Waals surface area contributed by atoms with Gasteiger partial charge in [-0.2, -0.15) is 0 Å². The number of ether oxygens (including phenoxy) is 1. The highest BCUT2D eigenvalue weighted by Crippen LogP contribution is 2.29. The van der Waals surface area contributed by atoms with Crippen molar-refractivity contribution in [1.29, 1.82) is 0 Å².